The lowest BCUT2D eigenvalue weighted by Crippen LogP contribution is -2.24. The van der Waals surface area contributed by atoms with Crippen LogP contribution in [-0.4, -0.2) is 17.0 Å². The molecule has 4 nitrogen and oxygen atoms in total. The zero-order valence-electron chi connectivity index (χ0n) is 8.83. The van der Waals surface area contributed by atoms with Crippen molar-refractivity contribution < 1.29 is 19.1 Å². The smallest absolute Gasteiger partial charge is 0.352 e. The zero-order valence-corrected chi connectivity index (χ0v) is 10.4. The second kappa shape index (κ2) is 5.58. The highest BCUT2D eigenvalue weighted by Crippen LogP contribution is 2.17. The van der Waals surface area contributed by atoms with Crippen LogP contribution in [0.1, 0.15) is 12.5 Å². The normalized spacial score (nSPS) is 11.1. The molecule has 0 aliphatic rings. The molecule has 2 N–H and O–H groups in total. The van der Waals surface area contributed by atoms with E-state index < -0.39 is 17.7 Å². The highest BCUT2D eigenvalue weighted by Gasteiger charge is 2.10. The monoisotopic (exact) mass is 301 g/mol. The molecule has 0 radical (unpaired) electrons. The van der Waals surface area contributed by atoms with Crippen molar-refractivity contribution >= 4 is 33.9 Å². The van der Waals surface area contributed by atoms with Gasteiger partial charge in [-0.25, -0.2) is 9.18 Å². The Morgan fingerprint density at radius 3 is 2.65 bits per heavy atom. The summed E-state index contributed by atoms with van der Waals surface area (Å²) < 4.78 is 14.0. The van der Waals surface area contributed by atoms with Gasteiger partial charge in [-0.15, -0.1) is 0 Å². The summed E-state index contributed by atoms with van der Waals surface area (Å²) in [7, 11) is 0. The Kier molecular flexibility index (Phi) is 4.39. The van der Waals surface area contributed by atoms with E-state index in [1.807, 2.05) is 0 Å². The summed E-state index contributed by atoms with van der Waals surface area (Å²) in [5.41, 5.74) is -0.306. The first-order valence-electron chi connectivity index (χ1n) is 4.58. The molecular formula is C11H9BrFNO3. The highest BCUT2D eigenvalue weighted by atomic mass is 79.9. The molecule has 1 aromatic carbocycles. The molecule has 0 bridgehead atoms. The second-order valence-electron chi connectivity index (χ2n) is 3.21. The Balaban J connectivity index is 3.16. The van der Waals surface area contributed by atoms with Crippen molar-refractivity contribution in [2.24, 2.45) is 0 Å². The first-order valence-corrected chi connectivity index (χ1v) is 5.37. The van der Waals surface area contributed by atoms with E-state index in [1.165, 1.54) is 25.1 Å². The van der Waals surface area contributed by atoms with Crippen LogP contribution in [0.15, 0.2) is 28.4 Å². The third-order valence-corrected chi connectivity index (χ3v) is 2.29. The van der Waals surface area contributed by atoms with Gasteiger partial charge < -0.3 is 10.4 Å². The van der Waals surface area contributed by atoms with Crippen molar-refractivity contribution in [1.82, 2.24) is 5.32 Å². The molecule has 0 aliphatic carbocycles. The lowest BCUT2D eigenvalue weighted by atomic mass is 10.2. The number of aliphatic carboxylic acids is 1. The van der Waals surface area contributed by atoms with E-state index in [0.29, 0.717) is 4.47 Å². The molecule has 0 saturated carbocycles. The van der Waals surface area contributed by atoms with Gasteiger partial charge in [0.15, 0.2) is 0 Å². The predicted octanol–water partition coefficient (Wildman–Crippen LogP) is 2.15. The van der Waals surface area contributed by atoms with Crippen LogP contribution in [0.3, 0.4) is 0 Å². The van der Waals surface area contributed by atoms with Gasteiger partial charge in [0.1, 0.15) is 11.5 Å². The number of nitrogens with one attached hydrogen (secondary N) is 1. The van der Waals surface area contributed by atoms with E-state index in [2.05, 4.69) is 21.2 Å². The van der Waals surface area contributed by atoms with Gasteiger partial charge in [-0.05, 0) is 24.3 Å². The average Bonchev–Trinajstić information content (AvgIpc) is 2.21. The van der Waals surface area contributed by atoms with Gasteiger partial charge in [0.25, 0.3) is 0 Å². The molecule has 0 spiro atoms. The van der Waals surface area contributed by atoms with E-state index in [-0.39, 0.29) is 11.3 Å². The molecule has 0 heterocycles. The Labute approximate surface area is 105 Å². The van der Waals surface area contributed by atoms with Crippen LogP contribution in [-0.2, 0) is 9.59 Å². The molecule has 1 amide bonds. The van der Waals surface area contributed by atoms with Crippen molar-refractivity contribution in [3.05, 3.63) is 39.7 Å². The quantitative estimate of drug-likeness (QED) is 0.841. The van der Waals surface area contributed by atoms with Gasteiger partial charge in [0.2, 0.25) is 5.91 Å². The van der Waals surface area contributed by atoms with Gasteiger partial charge in [-0.2, -0.15) is 0 Å². The predicted molar refractivity (Wildman–Crippen MR) is 63.5 cm³/mol. The summed E-state index contributed by atoms with van der Waals surface area (Å²) in [6.07, 6.45) is 1.06. The molecule has 0 atom stereocenters. The zero-order chi connectivity index (χ0) is 13.0. The average molecular weight is 302 g/mol. The lowest BCUT2D eigenvalue weighted by Gasteiger charge is -2.04. The van der Waals surface area contributed by atoms with Crippen LogP contribution in [0.5, 0.6) is 0 Å². The van der Waals surface area contributed by atoms with Crippen LogP contribution < -0.4 is 5.32 Å². The maximum absolute atomic E-state index is 13.4. The van der Waals surface area contributed by atoms with Crippen LogP contribution in [0, 0.1) is 5.82 Å². The minimum Gasteiger partial charge on any atom is -0.477 e. The number of carboxylic acids is 1. The number of amides is 1. The molecule has 6 heteroatoms. The van der Waals surface area contributed by atoms with Gasteiger partial charge in [-0.1, -0.05) is 15.9 Å². The summed E-state index contributed by atoms with van der Waals surface area (Å²) in [4.78, 5) is 21.6. The van der Waals surface area contributed by atoms with E-state index in [1.54, 1.807) is 0 Å². The van der Waals surface area contributed by atoms with Gasteiger partial charge in [0.05, 0.1) is 0 Å². The molecule has 17 heavy (non-hydrogen) atoms. The molecular weight excluding hydrogens is 293 g/mol. The van der Waals surface area contributed by atoms with Crippen LogP contribution in [0.4, 0.5) is 4.39 Å². The largest absolute Gasteiger partial charge is 0.477 e. The molecule has 0 unspecified atom stereocenters. The SMILES string of the molecule is CC(=O)N/C(=C/c1cc(Br)ccc1F)C(=O)O. The number of carbonyl (C=O) groups excluding carboxylic acids is 1. The summed E-state index contributed by atoms with van der Waals surface area (Å²) >= 11 is 3.14. The van der Waals surface area contributed by atoms with Crippen molar-refractivity contribution in [3.8, 4) is 0 Å². The first kappa shape index (κ1) is 13.4. The Morgan fingerprint density at radius 2 is 2.12 bits per heavy atom. The first-order chi connectivity index (χ1) is 7.90. The molecule has 1 aromatic rings. The minimum absolute atomic E-state index is 0.0746. The number of hydrogen-bond acceptors (Lipinski definition) is 2. The summed E-state index contributed by atoms with van der Waals surface area (Å²) in [5, 5.41) is 10.9. The molecule has 0 aromatic heterocycles. The standard InChI is InChI=1S/C11H9BrFNO3/c1-6(15)14-10(11(16)17)5-7-4-8(12)2-3-9(7)13/h2-5H,1H3,(H,14,15)(H,16,17)/b10-5+. The maximum Gasteiger partial charge on any atom is 0.352 e. The Hall–Kier alpha value is -1.69. The number of carboxylic acid groups (broad SMARTS) is 1. The Morgan fingerprint density at radius 1 is 1.47 bits per heavy atom. The van der Waals surface area contributed by atoms with E-state index in [4.69, 9.17) is 5.11 Å². The summed E-state index contributed by atoms with van der Waals surface area (Å²) in [6.45, 7) is 1.17. The number of rotatable bonds is 3. The molecule has 0 fully saturated rings. The van der Waals surface area contributed by atoms with Crippen molar-refractivity contribution in [3.63, 3.8) is 0 Å². The van der Waals surface area contributed by atoms with Crippen LogP contribution in [0.2, 0.25) is 0 Å². The van der Waals surface area contributed by atoms with Crippen molar-refractivity contribution in [1.29, 1.82) is 0 Å². The van der Waals surface area contributed by atoms with Gasteiger partial charge in [0, 0.05) is 17.0 Å². The summed E-state index contributed by atoms with van der Waals surface area (Å²) in [6, 6.07) is 4.11. The Bertz CT molecular complexity index is 499. The maximum atomic E-state index is 13.4. The second-order valence-corrected chi connectivity index (χ2v) is 4.13. The van der Waals surface area contributed by atoms with E-state index in [0.717, 1.165) is 6.08 Å². The fraction of sp³-hybridized carbons (Fsp3) is 0.0909. The molecule has 0 aliphatic heterocycles. The van der Waals surface area contributed by atoms with E-state index in [9.17, 15) is 14.0 Å². The number of halogens is 2. The summed E-state index contributed by atoms with van der Waals surface area (Å²) in [5.74, 6) is -2.44. The number of benzene rings is 1. The fourth-order valence-corrected chi connectivity index (χ4v) is 1.50. The topological polar surface area (TPSA) is 66.4 Å². The molecule has 90 valence electrons. The minimum atomic E-state index is -1.33. The highest BCUT2D eigenvalue weighted by molar-refractivity contribution is 9.10. The third kappa shape index (κ3) is 3.99. The lowest BCUT2D eigenvalue weighted by molar-refractivity contribution is -0.134. The van der Waals surface area contributed by atoms with Crippen molar-refractivity contribution in [2.75, 3.05) is 0 Å². The van der Waals surface area contributed by atoms with Crippen molar-refractivity contribution in [2.45, 2.75) is 6.92 Å². The van der Waals surface area contributed by atoms with Crippen LogP contribution >= 0.6 is 15.9 Å². The third-order valence-electron chi connectivity index (χ3n) is 1.80. The molecule has 1 rings (SSSR count). The fourth-order valence-electron chi connectivity index (χ4n) is 1.12. The number of hydrogen-bond donors (Lipinski definition) is 2. The van der Waals surface area contributed by atoms with Crippen LogP contribution in [0.25, 0.3) is 6.08 Å². The number of carbonyl (C=O) groups is 2. The molecule has 0 saturated heterocycles. The van der Waals surface area contributed by atoms with Gasteiger partial charge in [-0.3, -0.25) is 4.79 Å². The van der Waals surface area contributed by atoms with Gasteiger partial charge >= 0.3 is 5.97 Å². The van der Waals surface area contributed by atoms with E-state index >= 15 is 0 Å².